The molecule has 4 aromatic rings. The maximum Gasteiger partial charge on any atom is 0.231 e. The number of rotatable bonds is 7. The van der Waals surface area contributed by atoms with Gasteiger partial charge in [0.05, 0.1) is 29.4 Å². The van der Waals surface area contributed by atoms with E-state index in [9.17, 15) is 5.26 Å². The van der Waals surface area contributed by atoms with E-state index in [0.29, 0.717) is 65.4 Å². The molecule has 3 aromatic heterocycles. The molecule has 0 amide bonds. The molecule has 0 fully saturated rings. The Morgan fingerprint density at radius 1 is 1.26 bits per heavy atom. The first kappa shape index (κ1) is 21.5. The van der Waals surface area contributed by atoms with Crippen LogP contribution in [-0.4, -0.2) is 57.7 Å². The number of nitriles is 1. The first-order valence-corrected chi connectivity index (χ1v) is 10.8. The molecule has 1 aliphatic rings. The third-order valence-corrected chi connectivity index (χ3v) is 5.40. The minimum Gasteiger partial charge on any atom is -0.485 e. The van der Waals surface area contributed by atoms with E-state index in [0.717, 1.165) is 11.1 Å². The number of aryl methyl sites for hydroxylation is 1. The molecule has 11 nitrogen and oxygen atoms in total. The summed E-state index contributed by atoms with van der Waals surface area (Å²) < 4.78 is 18.9. The smallest absolute Gasteiger partial charge is 0.231 e. The monoisotopic (exact) mass is 460 g/mol. The fraction of sp³-hybridized carbons (Fsp3) is 0.304. The lowest BCUT2D eigenvalue weighted by atomic mass is 10.1. The van der Waals surface area contributed by atoms with Gasteiger partial charge in [0.2, 0.25) is 5.95 Å². The second-order valence-corrected chi connectivity index (χ2v) is 7.98. The molecule has 0 bridgehead atoms. The Morgan fingerprint density at radius 2 is 2.09 bits per heavy atom. The SMILES string of the molecule is COCC(C)Nc1nc(Nc2ccc(-c3cnn(C)c3)c3c2OCCO3)nc2[nH]cc(C#N)c12. The number of nitrogens with one attached hydrogen (secondary N) is 3. The van der Waals surface area contributed by atoms with E-state index >= 15 is 0 Å². The van der Waals surface area contributed by atoms with Gasteiger partial charge in [-0.1, -0.05) is 0 Å². The van der Waals surface area contributed by atoms with Crippen LogP contribution in [0.25, 0.3) is 22.2 Å². The van der Waals surface area contributed by atoms with Gasteiger partial charge in [-0.2, -0.15) is 20.3 Å². The van der Waals surface area contributed by atoms with Gasteiger partial charge in [-0.3, -0.25) is 4.68 Å². The van der Waals surface area contributed by atoms with Crippen molar-refractivity contribution in [3.8, 4) is 28.7 Å². The molecule has 3 N–H and O–H groups in total. The summed E-state index contributed by atoms with van der Waals surface area (Å²) in [4.78, 5) is 12.3. The molecule has 174 valence electrons. The molecule has 0 saturated carbocycles. The topological polar surface area (TPSA) is 135 Å². The van der Waals surface area contributed by atoms with Crippen LogP contribution in [0.3, 0.4) is 0 Å². The molecule has 4 heterocycles. The number of H-pyrrole nitrogens is 1. The summed E-state index contributed by atoms with van der Waals surface area (Å²) in [6.07, 6.45) is 5.33. The highest BCUT2D eigenvalue weighted by Gasteiger charge is 2.23. The molecule has 0 spiro atoms. The molecule has 1 aromatic carbocycles. The molecule has 1 unspecified atom stereocenters. The van der Waals surface area contributed by atoms with Crippen molar-refractivity contribution in [2.45, 2.75) is 13.0 Å². The lowest BCUT2D eigenvalue weighted by Gasteiger charge is -2.23. The van der Waals surface area contributed by atoms with Crippen molar-refractivity contribution in [1.82, 2.24) is 24.7 Å². The van der Waals surface area contributed by atoms with Crippen molar-refractivity contribution in [2.24, 2.45) is 7.05 Å². The van der Waals surface area contributed by atoms with E-state index in [1.807, 2.05) is 32.3 Å². The van der Waals surface area contributed by atoms with Crippen LogP contribution in [0.1, 0.15) is 12.5 Å². The van der Waals surface area contributed by atoms with Crippen LogP contribution < -0.4 is 20.1 Å². The second-order valence-electron chi connectivity index (χ2n) is 7.98. The molecule has 0 radical (unpaired) electrons. The highest BCUT2D eigenvalue weighted by Crippen LogP contribution is 2.45. The third-order valence-electron chi connectivity index (χ3n) is 5.40. The van der Waals surface area contributed by atoms with Crippen molar-refractivity contribution in [3.63, 3.8) is 0 Å². The van der Waals surface area contributed by atoms with Gasteiger partial charge < -0.3 is 29.8 Å². The van der Waals surface area contributed by atoms with Gasteiger partial charge in [-0.15, -0.1) is 0 Å². The number of nitrogens with zero attached hydrogens (tertiary/aromatic N) is 5. The molecule has 34 heavy (non-hydrogen) atoms. The fourth-order valence-corrected chi connectivity index (χ4v) is 3.95. The predicted molar refractivity (Wildman–Crippen MR) is 126 cm³/mol. The van der Waals surface area contributed by atoms with Crippen molar-refractivity contribution in [3.05, 3.63) is 36.3 Å². The van der Waals surface area contributed by atoms with Crippen LogP contribution in [0.4, 0.5) is 17.5 Å². The van der Waals surface area contributed by atoms with Crippen LogP contribution in [0.5, 0.6) is 11.5 Å². The van der Waals surface area contributed by atoms with Gasteiger partial charge >= 0.3 is 0 Å². The number of anilines is 3. The van der Waals surface area contributed by atoms with Crippen molar-refractivity contribution in [1.29, 1.82) is 5.26 Å². The Morgan fingerprint density at radius 3 is 2.82 bits per heavy atom. The van der Waals surface area contributed by atoms with Crippen molar-refractivity contribution >= 4 is 28.5 Å². The number of benzene rings is 1. The standard InChI is InChI=1S/C23H24N8O3/c1-13(12-32-3)27-22-18-14(8-24)9-25-21(18)29-23(30-22)28-17-5-4-16(15-10-26-31(2)11-15)19-20(17)34-7-6-33-19/h4-5,9-11,13H,6-7,12H2,1-3H3,(H3,25,27,28,29,30). The van der Waals surface area contributed by atoms with E-state index < -0.39 is 0 Å². The number of methoxy groups -OCH3 is 1. The number of aromatic amines is 1. The quantitative estimate of drug-likeness (QED) is 0.380. The number of hydrogen-bond donors (Lipinski definition) is 3. The molecule has 1 aliphatic heterocycles. The number of fused-ring (bicyclic) bond motifs is 2. The highest BCUT2D eigenvalue weighted by atomic mass is 16.6. The maximum absolute atomic E-state index is 9.51. The van der Waals surface area contributed by atoms with Crippen molar-refractivity contribution < 1.29 is 14.2 Å². The zero-order chi connectivity index (χ0) is 23.7. The molecule has 0 aliphatic carbocycles. The van der Waals surface area contributed by atoms with Gasteiger partial charge in [0.25, 0.3) is 0 Å². The summed E-state index contributed by atoms with van der Waals surface area (Å²) in [6, 6.07) is 6.01. The molecular weight excluding hydrogens is 436 g/mol. The molecular formula is C23H24N8O3. The van der Waals surface area contributed by atoms with Crippen LogP contribution in [0, 0.1) is 11.3 Å². The van der Waals surface area contributed by atoms with Gasteiger partial charge in [-0.05, 0) is 19.1 Å². The minimum atomic E-state index is -0.0272. The van der Waals surface area contributed by atoms with E-state index in [-0.39, 0.29) is 6.04 Å². The minimum absolute atomic E-state index is 0.0272. The summed E-state index contributed by atoms with van der Waals surface area (Å²) in [5, 5.41) is 21.0. The summed E-state index contributed by atoms with van der Waals surface area (Å²) in [6.45, 7) is 3.34. The largest absolute Gasteiger partial charge is 0.485 e. The van der Waals surface area contributed by atoms with Crippen molar-refractivity contribution in [2.75, 3.05) is 37.6 Å². The Hall–Kier alpha value is -4.30. The van der Waals surface area contributed by atoms with Gasteiger partial charge in [0.1, 0.15) is 30.7 Å². The second kappa shape index (κ2) is 8.92. The average Bonchev–Trinajstić information content (AvgIpc) is 3.45. The van der Waals surface area contributed by atoms with Gasteiger partial charge in [0, 0.05) is 43.7 Å². The third kappa shape index (κ3) is 3.95. The number of hydrogen-bond acceptors (Lipinski definition) is 9. The summed E-state index contributed by atoms with van der Waals surface area (Å²) in [5.41, 5.74) is 3.50. The molecule has 5 rings (SSSR count). The normalized spacial score (nSPS) is 13.5. The van der Waals surface area contributed by atoms with Crippen LogP contribution >= 0.6 is 0 Å². The highest BCUT2D eigenvalue weighted by molar-refractivity contribution is 5.94. The summed E-state index contributed by atoms with van der Waals surface area (Å²) in [7, 11) is 3.51. The fourth-order valence-electron chi connectivity index (χ4n) is 3.95. The van der Waals surface area contributed by atoms with E-state index in [2.05, 4.69) is 36.8 Å². The van der Waals surface area contributed by atoms with Gasteiger partial charge in [-0.25, -0.2) is 0 Å². The van der Waals surface area contributed by atoms with E-state index in [4.69, 9.17) is 14.2 Å². The summed E-state index contributed by atoms with van der Waals surface area (Å²) >= 11 is 0. The Labute approximate surface area is 195 Å². The molecule has 1 atom stereocenters. The Bertz CT molecular complexity index is 1390. The average molecular weight is 460 g/mol. The predicted octanol–water partition coefficient (Wildman–Crippen LogP) is 3.19. The lowest BCUT2D eigenvalue weighted by Crippen LogP contribution is -2.22. The Balaban J connectivity index is 1.55. The summed E-state index contributed by atoms with van der Waals surface area (Å²) in [5.74, 6) is 2.11. The maximum atomic E-state index is 9.51. The number of ether oxygens (including phenoxy) is 3. The van der Waals surface area contributed by atoms with E-state index in [1.54, 1.807) is 24.2 Å². The van der Waals surface area contributed by atoms with Crippen LogP contribution in [0.15, 0.2) is 30.7 Å². The zero-order valence-electron chi connectivity index (χ0n) is 19.0. The van der Waals surface area contributed by atoms with Gasteiger partial charge in [0.15, 0.2) is 11.5 Å². The van der Waals surface area contributed by atoms with E-state index in [1.165, 1.54) is 0 Å². The Kier molecular flexibility index (Phi) is 5.65. The molecule has 11 heteroatoms. The van der Waals surface area contributed by atoms with Crippen LogP contribution in [0.2, 0.25) is 0 Å². The van der Waals surface area contributed by atoms with Crippen LogP contribution in [-0.2, 0) is 11.8 Å². The first-order chi connectivity index (χ1) is 16.6. The number of aromatic nitrogens is 5. The lowest BCUT2D eigenvalue weighted by molar-refractivity contribution is 0.173. The zero-order valence-corrected chi connectivity index (χ0v) is 19.0. The first-order valence-electron chi connectivity index (χ1n) is 10.8. The molecule has 0 saturated heterocycles.